The lowest BCUT2D eigenvalue weighted by Gasteiger charge is -1.95. The molecule has 0 saturated carbocycles. The second-order valence-electron chi connectivity index (χ2n) is 3.86. The van der Waals surface area contributed by atoms with Gasteiger partial charge in [0.25, 0.3) is 0 Å². The number of rotatable bonds is 10. The van der Waals surface area contributed by atoms with E-state index < -0.39 is 0 Å². The zero-order chi connectivity index (χ0) is 11.2. The van der Waals surface area contributed by atoms with Gasteiger partial charge in [-0.25, -0.2) is 0 Å². The molecule has 0 amide bonds. The molecule has 0 radical (unpaired) electrons. The third-order valence-corrected chi connectivity index (χ3v) is 2.35. The van der Waals surface area contributed by atoms with E-state index in [0.29, 0.717) is 0 Å². The van der Waals surface area contributed by atoms with Gasteiger partial charge in [0.15, 0.2) is 0 Å². The van der Waals surface area contributed by atoms with Crippen LogP contribution in [-0.2, 0) is 0 Å². The first kappa shape index (κ1) is 14.2. The Kier molecular flexibility index (Phi) is 12.5. The van der Waals surface area contributed by atoms with E-state index in [9.17, 15) is 0 Å². The van der Waals surface area contributed by atoms with Crippen molar-refractivity contribution in [2.45, 2.75) is 58.3 Å². The fourth-order valence-corrected chi connectivity index (χ4v) is 1.44. The fraction of sp³-hybridized carbons (Fsp3) is 0.600. The molecule has 0 aromatic carbocycles. The highest BCUT2D eigenvalue weighted by molar-refractivity contribution is 4.84. The predicted molar refractivity (Wildman–Crippen MR) is 71.1 cm³/mol. The first-order valence-corrected chi connectivity index (χ1v) is 6.32. The Morgan fingerprint density at radius 3 is 1.93 bits per heavy atom. The summed E-state index contributed by atoms with van der Waals surface area (Å²) >= 11 is 0. The second-order valence-corrected chi connectivity index (χ2v) is 3.86. The molecule has 0 aromatic heterocycles. The van der Waals surface area contributed by atoms with Gasteiger partial charge in [-0.15, -0.1) is 6.58 Å². The van der Waals surface area contributed by atoms with E-state index in [1.807, 2.05) is 6.08 Å². The average molecular weight is 206 g/mol. The number of hydrogen-bond donors (Lipinski definition) is 0. The van der Waals surface area contributed by atoms with Crippen molar-refractivity contribution >= 4 is 0 Å². The predicted octanol–water partition coefficient (Wildman–Crippen LogP) is 5.43. The van der Waals surface area contributed by atoms with E-state index in [4.69, 9.17) is 0 Å². The van der Waals surface area contributed by atoms with Crippen LogP contribution in [0, 0.1) is 0 Å². The molecule has 0 aromatic rings. The first-order valence-electron chi connectivity index (χ1n) is 6.32. The minimum atomic E-state index is 1.11. The van der Waals surface area contributed by atoms with Crippen molar-refractivity contribution in [1.29, 1.82) is 0 Å². The van der Waals surface area contributed by atoms with E-state index in [1.165, 1.54) is 38.5 Å². The highest BCUT2D eigenvalue weighted by Crippen LogP contribution is 2.05. The molecule has 0 heterocycles. The molecule has 0 rings (SSSR count). The van der Waals surface area contributed by atoms with Crippen molar-refractivity contribution in [2.75, 3.05) is 0 Å². The molecule has 0 aliphatic carbocycles. The van der Waals surface area contributed by atoms with Gasteiger partial charge in [-0.3, -0.25) is 0 Å². The second kappa shape index (κ2) is 13.2. The first-order chi connectivity index (χ1) is 7.41. The van der Waals surface area contributed by atoms with Crippen LogP contribution in [0.4, 0.5) is 0 Å². The molecular formula is C15H26. The van der Waals surface area contributed by atoms with Crippen LogP contribution < -0.4 is 0 Å². The summed E-state index contributed by atoms with van der Waals surface area (Å²) in [5.74, 6) is 0. The Labute approximate surface area is 95.8 Å². The quantitative estimate of drug-likeness (QED) is 0.330. The topological polar surface area (TPSA) is 0 Å². The van der Waals surface area contributed by atoms with E-state index >= 15 is 0 Å². The van der Waals surface area contributed by atoms with Crippen molar-refractivity contribution in [2.24, 2.45) is 0 Å². The Bertz CT molecular complexity index is 174. The van der Waals surface area contributed by atoms with E-state index in [1.54, 1.807) is 0 Å². The largest absolute Gasteiger partial charge is 0.103 e. The molecule has 0 unspecified atom stereocenters. The summed E-state index contributed by atoms with van der Waals surface area (Å²) in [6, 6.07) is 0. The van der Waals surface area contributed by atoms with E-state index in [-0.39, 0.29) is 0 Å². The molecule has 0 nitrogen and oxygen atoms in total. The van der Waals surface area contributed by atoms with Gasteiger partial charge in [-0.05, 0) is 44.9 Å². The van der Waals surface area contributed by atoms with Gasteiger partial charge < -0.3 is 0 Å². The van der Waals surface area contributed by atoms with E-state index in [2.05, 4.69) is 37.8 Å². The summed E-state index contributed by atoms with van der Waals surface area (Å²) in [4.78, 5) is 0. The third kappa shape index (κ3) is 13.2. The monoisotopic (exact) mass is 206 g/mol. The molecule has 15 heavy (non-hydrogen) atoms. The summed E-state index contributed by atoms with van der Waals surface area (Å²) in [6.45, 7) is 5.89. The summed E-state index contributed by atoms with van der Waals surface area (Å²) in [7, 11) is 0. The Morgan fingerprint density at radius 1 is 0.733 bits per heavy atom. The highest BCUT2D eigenvalue weighted by atomic mass is 13.9. The van der Waals surface area contributed by atoms with Gasteiger partial charge in [-0.2, -0.15) is 0 Å². The van der Waals surface area contributed by atoms with Crippen molar-refractivity contribution in [3.05, 3.63) is 37.0 Å². The number of allylic oxidation sites excluding steroid dienone is 5. The number of hydrogen-bond acceptors (Lipinski definition) is 0. The maximum atomic E-state index is 3.70. The minimum Gasteiger partial charge on any atom is -0.103 e. The Morgan fingerprint density at radius 2 is 1.33 bits per heavy atom. The molecule has 0 N–H and O–H groups in total. The van der Waals surface area contributed by atoms with Crippen molar-refractivity contribution in [3.8, 4) is 0 Å². The summed E-state index contributed by atoms with van der Waals surface area (Å²) < 4.78 is 0. The van der Waals surface area contributed by atoms with Crippen LogP contribution in [0.1, 0.15) is 58.3 Å². The van der Waals surface area contributed by atoms with Crippen LogP contribution in [0.15, 0.2) is 37.0 Å². The van der Waals surface area contributed by atoms with Crippen LogP contribution in [0.2, 0.25) is 0 Å². The van der Waals surface area contributed by atoms with Gasteiger partial charge in [0.1, 0.15) is 0 Å². The Hall–Kier alpha value is -0.780. The molecule has 0 aliphatic rings. The van der Waals surface area contributed by atoms with Crippen molar-refractivity contribution < 1.29 is 0 Å². The maximum Gasteiger partial charge on any atom is -0.0316 e. The van der Waals surface area contributed by atoms with Crippen LogP contribution in [0.3, 0.4) is 0 Å². The van der Waals surface area contributed by atoms with Gasteiger partial charge in [0.2, 0.25) is 0 Å². The molecule has 0 heteroatoms. The molecule has 0 bridgehead atoms. The van der Waals surface area contributed by atoms with Crippen LogP contribution in [-0.4, -0.2) is 0 Å². The van der Waals surface area contributed by atoms with Gasteiger partial charge >= 0.3 is 0 Å². The third-order valence-electron chi connectivity index (χ3n) is 2.35. The Balaban J connectivity index is 3.07. The smallest absolute Gasteiger partial charge is 0.0316 e. The molecule has 86 valence electrons. The SMILES string of the molecule is C=CCCC=CCCCCCC=CCC. The summed E-state index contributed by atoms with van der Waals surface area (Å²) in [5.41, 5.74) is 0. The van der Waals surface area contributed by atoms with Crippen LogP contribution in [0.25, 0.3) is 0 Å². The summed E-state index contributed by atoms with van der Waals surface area (Å²) in [6.07, 6.45) is 21.1. The van der Waals surface area contributed by atoms with Gasteiger partial charge in [-0.1, -0.05) is 43.7 Å². The molecule has 0 fully saturated rings. The van der Waals surface area contributed by atoms with Crippen LogP contribution in [0.5, 0.6) is 0 Å². The van der Waals surface area contributed by atoms with Gasteiger partial charge in [0, 0.05) is 0 Å². The molecule has 0 atom stereocenters. The molecule has 0 saturated heterocycles. The standard InChI is InChI=1S/C15H26/c1-3-5-7-9-11-13-15-14-12-10-8-6-4-2/h3,6,8-9,11H,1,4-5,7,10,12-15H2,2H3. The lowest BCUT2D eigenvalue weighted by molar-refractivity contribution is 0.694. The number of unbranched alkanes of at least 4 members (excludes halogenated alkanes) is 5. The average Bonchev–Trinajstić information content (AvgIpc) is 2.26. The molecule has 0 aliphatic heterocycles. The van der Waals surface area contributed by atoms with Crippen LogP contribution >= 0.6 is 0 Å². The van der Waals surface area contributed by atoms with Gasteiger partial charge in [0.05, 0.1) is 0 Å². The summed E-state index contributed by atoms with van der Waals surface area (Å²) in [5, 5.41) is 0. The van der Waals surface area contributed by atoms with Crippen molar-refractivity contribution in [3.63, 3.8) is 0 Å². The maximum absolute atomic E-state index is 3.70. The zero-order valence-electron chi connectivity index (χ0n) is 10.3. The minimum absolute atomic E-state index is 1.11. The molecule has 0 spiro atoms. The normalized spacial score (nSPS) is 11.5. The lowest BCUT2D eigenvalue weighted by Crippen LogP contribution is -1.75. The lowest BCUT2D eigenvalue weighted by atomic mass is 10.1. The van der Waals surface area contributed by atoms with Crippen molar-refractivity contribution in [1.82, 2.24) is 0 Å². The zero-order valence-corrected chi connectivity index (χ0v) is 10.3. The van der Waals surface area contributed by atoms with E-state index in [0.717, 1.165) is 12.8 Å². The fourth-order valence-electron chi connectivity index (χ4n) is 1.44. The molecular weight excluding hydrogens is 180 g/mol. The highest BCUT2D eigenvalue weighted by Gasteiger charge is 1.85.